The second-order valence-electron chi connectivity index (χ2n) is 4.04. The van der Waals surface area contributed by atoms with Crippen LogP contribution in [0.25, 0.3) is 0 Å². The number of hydrogen-bond donors (Lipinski definition) is 0. The zero-order chi connectivity index (χ0) is 12.0. The van der Waals surface area contributed by atoms with Gasteiger partial charge in [-0.25, -0.2) is 4.98 Å². The van der Waals surface area contributed by atoms with Crippen LogP contribution >= 0.6 is 11.6 Å². The quantitative estimate of drug-likeness (QED) is 0.704. The van der Waals surface area contributed by atoms with Crippen molar-refractivity contribution in [3.63, 3.8) is 0 Å². The summed E-state index contributed by atoms with van der Waals surface area (Å²) in [6.45, 7) is 8.47. The normalized spacial score (nSPS) is 10.5. The summed E-state index contributed by atoms with van der Waals surface area (Å²) in [5.41, 5.74) is 2.20. The number of alkyl halides is 1. The fraction of sp³-hybridized carbons (Fsp3) is 0.615. The average Bonchev–Trinajstić information content (AvgIpc) is 2.29. The molecule has 0 aliphatic carbocycles. The number of anilines is 1. The van der Waals surface area contributed by atoms with E-state index in [0.717, 1.165) is 30.2 Å². The van der Waals surface area contributed by atoms with E-state index in [2.05, 4.69) is 29.8 Å². The van der Waals surface area contributed by atoms with Crippen molar-refractivity contribution >= 4 is 17.4 Å². The number of unbranched alkanes of at least 4 members (excludes halogenated alkanes) is 1. The molecule has 16 heavy (non-hydrogen) atoms. The van der Waals surface area contributed by atoms with Gasteiger partial charge in [0.2, 0.25) is 0 Å². The fourth-order valence-electron chi connectivity index (χ4n) is 1.74. The minimum absolute atomic E-state index is 0.557. The molecule has 0 N–H and O–H groups in total. The Morgan fingerprint density at radius 1 is 1.31 bits per heavy atom. The Bertz CT molecular complexity index is 326. The molecule has 0 saturated carbocycles. The van der Waals surface area contributed by atoms with E-state index in [4.69, 9.17) is 11.6 Å². The van der Waals surface area contributed by atoms with Crippen LogP contribution in [-0.2, 0) is 5.88 Å². The molecule has 1 heterocycles. The Morgan fingerprint density at radius 3 is 2.62 bits per heavy atom. The highest BCUT2D eigenvalue weighted by molar-refractivity contribution is 6.17. The van der Waals surface area contributed by atoms with E-state index in [-0.39, 0.29) is 0 Å². The SMILES string of the molecule is CCCCN(CC)c1cc(CCl)cc(C)n1. The molecular weight excluding hydrogens is 220 g/mol. The molecule has 0 saturated heterocycles. The molecule has 0 spiro atoms. The summed E-state index contributed by atoms with van der Waals surface area (Å²) in [6, 6.07) is 4.14. The summed E-state index contributed by atoms with van der Waals surface area (Å²) in [5.74, 6) is 1.62. The summed E-state index contributed by atoms with van der Waals surface area (Å²) in [4.78, 5) is 6.89. The standard InChI is InChI=1S/C13H21ClN2/c1-4-6-7-16(5-2)13-9-12(10-14)8-11(3)15-13/h8-9H,4-7,10H2,1-3H3. The summed E-state index contributed by atoms with van der Waals surface area (Å²) in [5, 5.41) is 0. The van der Waals surface area contributed by atoms with Gasteiger partial charge in [-0.15, -0.1) is 11.6 Å². The van der Waals surface area contributed by atoms with Gasteiger partial charge in [0.05, 0.1) is 0 Å². The van der Waals surface area contributed by atoms with Crippen LogP contribution in [0.4, 0.5) is 5.82 Å². The average molecular weight is 241 g/mol. The summed E-state index contributed by atoms with van der Waals surface area (Å²) < 4.78 is 0. The van der Waals surface area contributed by atoms with Crippen LogP contribution in [0.1, 0.15) is 37.9 Å². The maximum Gasteiger partial charge on any atom is 0.129 e. The lowest BCUT2D eigenvalue weighted by molar-refractivity contribution is 0.722. The zero-order valence-corrected chi connectivity index (χ0v) is 11.2. The van der Waals surface area contributed by atoms with E-state index in [0.29, 0.717) is 5.88 Å². The number of pyridine rings is 1. The summed E-state index contributed by atoms with van der Waals surface area (Å²) in [6.07, 6.45) is 2.42. The highest BCUT2D eigenvalue weighted by Gasteiger charge is 2.07. The van der Waals surface area contributed by atoms with Gasteiger partial charge in [0.25, 0.3) is 0 Å². The minimum atomic E-state index is 0.557. The Balaban J connectivity index is 2.86. The molecule has 1 rings (SSSR count). The molecule has 1 aromatic rings. The van der Waals surface area contributed by atoms with Crippen molar-refractivity contribution in [3.8, 4) is 0 Å². The predicted molar refractivity (Wildman–Crippen MR) is 71.3 cm³/mol. The van der Waals surface area contributed by atoms with E-state index >= 15 is 0 Å². The van der Waals surface area contributed by atoms with Crippen molar-refractivity contribution in [2.24, 2.45) is 0 Å². The topological polar surface area (TPSA) is 16.1 Å². The molecule has 0 radical (unpaired) electrons. The maximum absolute atomic E-state index is 5.88. The molecule has 0 amide bonds. The van der Waals surface area contributed by atoms with E-state index in [1.165, 1.54) is 12.8 Å². The highest BCUT2D eigenvalue weighted by Crippen LogP contribution is 2.16. The third-order valence-corrected chi connectivity index (χ3v) is 2.95. The van der Waals surface area contributed by atoms with Crippen LogP contribution in [0, 0.1) is 6.92 Å². The molecule has 3 heteroatoms. The lowest BCUT2D eigenvalue weighted by Crippen LogP contribution is -2.25. The number of halogens is 1. The molecule has 2 nitrogen and oxygen atoms in total. The van der Waals surface area contributed by atoms with Crippen LogP contribution in [0.3, 0.4) is 0 Å². The number of hydrogen-bond acceptors (Lipinski definition) is 2. The van der Waals surface area contributed by atoms with Gasteiger partial charge in [-0.3, -0.25) is 0 Å². The zero-order valence-electron chi connectivity index (χ0n) is 10.5. The minimum Gasteiger partial charge on any atom is -0.357 e. The van der Waals surface area contributed by atoms with Crippen molar-refractivity contribution in [2.45, 2.75) is 39.5 Å². The number of aromatic nitrogens is 1. The first-order chi connectivity index (χ1) is 7.71. The lowest BCUT2D eigenvalue weighted by atomic mass is 10.2. The van der Waals surface area contributed by atoms with Crippen LogP contribution in [0.2, 0.25) is 0 Å². The molecule has 0 aliphatic rings. The predicted octanol–water partition coefficient (Wildman–Crippen LogP) is 3.76. The molecule has 0 atom stereocenters. The molecule has 1 aromatic heterocycles. The van der Waals surface area contributed by atoms with E-state index < -0.39 is 0 Å². The molecular formula is C13H21ClN2. The van der Waals surface area contributed by atoms with Crippen LogP contribution in [0.15, 0.2) is 12.1 Å². The molecule has 90 valence electrons. The Labute approximate surface area is 104 Å². The first-order valence-corrected chi connectivity index (χ1v) is 6.53. The van der Waals surface area contributed by atoms with Crippen LogP contribution in [0.5, 0.6) is 0 Å². The van der Waals surface area contributed by atoms with Crippen LogP contribution in [-0.4, -0.2) is 18.1 Å². The van der Waals surface area contributed by atoms with Gasteiger partial charge in [0, 0.05) is 24.7 Å². The van der Waals surface area contributed by atoms with Crippen molar-refractivity contribution in [1.29, 1.82) is 0 Å². The van der Waals surface area contributed by atoms with Crippen molar-refractivity contribution < 1.29 is 0 Å². The van der Waals surface area contributed by atoms with E-state index in [1.54, 1.807) is 0 Å². The lowest BCUT2D eigenvalue weighted by Gasteiger charge is -2.22. The van der Waals surface area contributed by atoms with Crippen molar-refractivity contribution in [1.82, 2.24) is 4.98 Å². The van der Waals surface area contributed by atoms with E-state index in [1.807, 2.05) is 13.0 Å². The fourth-order valence-corrected chi connectivity index (χ4v) is 1.90. The Kier molecular flexibility index (Phi) is 5.61. The van der Waals surface area contributed by atoms with Crippen LogP contribution < -0.4 is 4.90 Å². The molecule has 0 aromatic carbocycles. The van der Waals surface area contributed by atoms with Crippen molar-refractivity contribution in [3.05, 3.63) is 23.4 Å². The van der Waals surface area contributed by atoms with Crippen molar-refractivity contribution in [2.75, 3.05) is 18.0 Å². The summed E-state index contributed by atoms with van der Waals surface area (Å²) in [7, 11) is 0. The van der Waals surface area contributed by atoms with Gasteiger partial charge in [-0.2, -0.15) is 0 Å². The number of rotatable bonds is 6. The Morgan fingerprint density at radius 2 is 2.06 bits per heavy atom. The first kappa shape index (κ1) is 13.3. The van der Waals surface area contributed by atoms with Gasteiger partial charge in [0.1, 0.15) is 5.82 Å². The van der Waals surface area contributed by atoms with Gasteiger partial charge >= 0.3 is 0 Å². The third-order valence-electron chi connectivity index (χ3n) is 2.64. The monoisotopic (exact) mass is 240 g/mol. The second-order valence-corrected chi connectivity index (χ2v) is 4.31. The highest BCUT2D eigenvalue weighted by atomic mass is 35.5. The van der Waals surface area contributed by atoms with Gasteiger partial charge in [-0.1, -0.05) is 13.3 Å². The number of aryl methyl sites for hydroxylation is 1. The van der Waals surface area contributed by atoms with Gasteiger partial charge in [-0.05, 0) is 38.0 Å². The smallest absolute Gasteiger partial charge is 0.129 e. The second kappa shape index (κ2) is 6.74. The third kappa shape index (κ3) is 3.67. The molecule has 0 bridgehead atoms. The van der Waals surface area contributed by atoms with E-state index in [9.17, 15) is 0 Å². The Hall–Kier alpha value is -0.760. The maximum atomic E-state index is 5.88. The molecule has 0 fully saturated rings. The number of nitrogens with zero attached hydrogens (tertiary/aromatic N) is 2. The summed E-state index contributed by atoms with van der Waals surface area (Å²) >= 11 is 5.88. The molecule has 0 aliphatic heterocycles. The largest absolute Gasteiger partial charge is 0.357 e. The van der Waals surface area contributed by atoms with Gasteiger partial charge < -0.3 is 4.90 Å². The van der Waals surface area contributed by atoms with Gasteiger partial charge in [0.15, 0.2) is 0 Å². The first-order valence-electron chi connectivity index (χ1n) is 5.99. The molecule has 0 unspecified atom stereocenters.